The van der Waals surface area contributed by atoms with Gasteiger partial charge in [0.25, 0.3) is 0 Å². The summed E-state index contributed by atoms with van der Waals surface area (Å²) in [5, 5.41) is 0. The molecule has 1 aromatic carbocycles. The monoisotopic (exact) mass is 380 g/mol. The highest BCUT2D eigenvalue weighted by Gasteiger charge is 2.78. The molecule has 1 unspecified atom stereocenters. The van der Waals surface area contributed by atoms with E-state index in [1.165, 1.54) is 7.11 Å². The molecule has 2 spiro atoms. The fourth-order valence-electron chi connectivity index (χ4n) is 6.64. The molecule has 4 bridgehead atoms. The van der Waals surface area contributed by atoms with E-state index in [4.69, 9.17) is 9.47 Å². The van der Waals surface area contributed by atoms with E-state index in [1.807, 2.05) is 35.2 Å². The van der Waals surface area contributed by atoms with Crippen LogP contribution >= 0.6 is 0 Å². The van der Waals surface area contributed by atoms with E-state index in [1.54, 1.807) is 11.0 Å². The molecule has 0 radical (unpaired) electrons. The topological polar surface area (TPSA) is 76.2 Å². The van der Waals surface area contributed by atoms with E-state index in [-0.39, 0.29) is 11.9 Å². The zero-order valence-corrected chi connectivity index (χ0v) is 15.5. The fraction of sp³-hybridized carbons (Fsp3) is 0.476. The van der Waals surface area contributed by atoms with E-state index in [0.717, 1.165) is 11.3 Å². The van der Waals surface area contributed by atoms with Crippen molar-refractivity contribution in [3.05, 3.63) is 42.0 Å². The second kappa shape index (κ2) is 4.77. The largest absolute Gasteiger partial charge is 0.452 e. The van der Waals surface area contributed by atoms with Crippen molar-refractivity contribution in [3.8, 4) is 0 Å². The number of esters is 1. The minimum Gasteiger partial charge on any atom is -0.452 e. The number of para-hydroxylation sites is 1. The predicted molar refractivity (Wildman–Crippen MR) is 97.4 cm³/mol. The van der Waals surface area contributed by atoms with Gasteiger partial charge in [-0.2, -0.15) is 0 Å². The molecule has 5 aliphatic heterocycles. The number of anilines is 1. The molecule has 6 aliphatic rings. The van der Waals surface area contributed by atoms with Gasteiger partial charge < -0.3 is 14.4 Å². The smallest absolute Gasteiger partial charge is 0.414 e. The van der Waals surface area contributed by atoms with Crippen LogP contribution in [0.15, 0.2) is 36.4 Å². The summed E-state index contributed by atoms with van der Waals surface area (Å²) in [6.07, 6.45) is 5.30. The molecule has 28 heavy (non-hydrogen) atoms. The van der Waals surface area contributed by atoms with Crippen LogP contribution in [0, 0.1) is 5.92 Å². The zero-order chi connectivity index (χ0) is 19.3. The summed E-state index contributed by atoms with van der Waals surface area (Å²) >= 11 is 0. The average molecular weight is 380 g/mol. The average Bonchev–Trinajstić information content (AvgIpc) is 3.21. The summed E-state index contributed by atoms with van der Waals surface area (Å²) in [7, 11) is 1.37. The Morgan fingerprint density at radius 2 is 2.04 bits per heavy atom. The van der Waals surface area contributed by atoms with Crippen LogP contribution in [0.2, 0.25) is 0 Å². The van der Waals surface area contributed by atoms with Crippen LogP contribution in [0.3, 0.4) is 0 Å². The number of benzene rings is 1. The Morgan fingerprint density at radius 3 is 2.86 bits per heavy atom. The third-order valence-corrected chi connectivity index (χ3v) is 7.70. The summed E-state index contributed by atoms with van der Waals surface area (Å²) in [5.74, 6) is -0.795. The molecule has 2 amide bonds. The molecule has 7 nitrogen and oxygen atoms in total. The number of fused-ring (bicyclic) bond motifs is 3. The molecule has 3 saturated heterocycles. The number of nitrogens with zero attached hydrogens (tertiary/aromatic N) is 2. The van der Waals surface area contributed by atoms with Gasteiger partial charge in [0.1, 0.15) is 5.54 Å². The van der Waals surface area contributed by atoms with Crippen molar-refractivity contribution in [1.29, 1.82) is 0 Å². The number of carbonyl (C=O) groups excluding carboxylic acids is 3. The highest BCUT2D eigenvalue weighted by Crippen LogP contribution is 2.68. The normalized spacial score (nSPS) is 39.2. The van der Waals surface area contributed by atoms with Crippen LogP contribution in [-0.4, -0.2) is 47.6 Å². The lowest BCUT2D eigenvalue weighted by atomic mass is 9.58. The van der Waals surface area contributed by atoms with Gasteiger partial charge in [0.2, 0.25) is 5.91 Å². The maximum atomic E-state index is 13.2. The molecule has 144 valence electrons. The first-order valence-electron chi connectivity index (χ1n) is 9.71. The van der Waals surface area contributed by atoms with E-state index in [9.17, 15) is 14.4 Å². The van der Waals surface area contributed by atoms with Gasteiger partial charge in [-0.1, -0.05) is 24.3 Å². The van der Waals surface area contributed by atoms with Crippen molar-refractivity contribution in [2.75, 3.05) is 18.6 Å². The van der Waals surface area contributed by atoms with Gasteiger partial charge in [-0.3, -0.25) is 14.5 Å². The van der Waals surface area contributed by atoms with Crippen molar-refractivity contribution in [2.45, 2.75) is 42.4 Å². The number of hydrogen-bond acceptors (Lipinski definition) is 5. The van der Waals surface area contributed by atoms with Gasteiger partial charge in [0.15, 0.2) is 5.60 Å². The lowest BCUT2D eigenvalue weighted by molar-refractivity contribution is -0.152. The maximum absolute atomic E-state index is 13.2. The van der Waals surface area contributed by atoms with Crippen molar-refractivity contribution >= 4 is 23.7 Å². The van der Waals surface area contributed by atoms with Crippen molar-refractivity contribution in [2.24, 2.45) is 5.92 Å². The standard InChI is InChI=1S/C21H20N2O5/c1-27-18(26)23-15-5-3-2-4-13(15)21-10-11-22-16(24)6-7-19(22)8-9-20(21,23)14(12-19)17(25)28-21/h2-7,14H,8-12H2,1H3/t14-,19-,20-,21?/m1/s1. The first-order chi connectivity index (χ1) is 13.5. The highest BCUT2D eigenvalue weighted by atomic mass is 16.6. The number of rotatable bonds is 0. The minimum atomic E-state index is -0.949. The molecule has 0 N–H and O–H groups in total. The number of methoxy groups -OCH3 is 1. The summed E-state index contributed by atoms with van der Waals surface area (Å²) in [5.41, 5.74) is -0.636. The molecule has 1 aromatic rings. The van der Waals surface area contributed by atoms with E-state index in [2.05, 4.69) is 0 Å². The van der Waals surface area contributed by atoms with Crippen molar-refractivity contribution in [1.82, 2.24) is 4.90 Å². The molecule has 4 atom stereocenters. The van der Waals surface area contributed by atoms with Gasteiger partial charge in [-0.05, 0) is 25.3 Å². The Bertz CT molecular complexity index is 989. The third kappa shape index (κ3) is 1.46. The number of amides is 2. The molecule has 7 heteroatoms. The van der Waals surface area contributed by atoms with Crippen LogP contribution < -0.4 is 4.90 Å². The van der Waals surface area contributed by atoms with Crippen molar-refractivity contribution in [3.63, 3.8) is 0 Å². The van der Waals surface area contributed by atoms with E-state index < -0.39 is 28.7 Å². The summed E-state index contributed by atoms with van der Waals surface area (Å²) < 4.78 is 11.3. The Kier molecular flexibility index (Phi) is 2.75. The quantitative estimate of drug-likeness (QED) is 0.645. The second-order valence-corrected chi connectivity index (χ2v) is 8.43. The molecule has 4 fully saturated rings. The predicted octanol–water partition coefficient (Wildman–Crippen LogP) is 2.10. The van der Waals surface area contributed by atoms with Crippen molar-refractivity contribution < 1.29 is 23.9 Å². The molecule has 0 aromatic heterocycles. The lowest BCUT2D eigenvalue weighted by Gasteiger charge is -2.55. The van der Waals surface area contributed by atoms with Gasteiger partial charge >= 0.3 is 12.1 Å². The van der Waals surface area contributed by atoms with Gasteiger partial charge in [0.05, 0.1) is 24.3 Å². The molecular formula is C21H20N2O5. The third-order valence-electron chi connectivity index (χ3n) is 7.70. The molecule has 7 rings (SSSR count). The van der Waals surface area contributed by atoms with Gasteiger partial charge in [-0.15, -0.1) is 0 Å². The highest BCUT2D eigenvalue weighted by molar-refractivity contribution is 5.99. The number of hydrogen-bond donors (Lipinski definition) is 0. The number of ether oxygens (including phenoxy) is 2. The first kappa shape index (κ1) is 16.2. The number of carbonyl (C=O) groups is 3. The van der Waals surface area contributed by atoms with E-state index >= 15 is 0 Å². The van der Waals surface area contributed by atoms with Crippen LogP contribution in [-0.2, 0) is 24.7 Å². The van der Waals surface area contributed by atoms with E-state index in [0.29, 0.717) is 32.2 Å². The van der Waals surface area contributed by atoms with Crippen LogP contribution in [0.25, 0.3) is 0 Å². The van der Waals surface area contributed by atoms with Gasteiger partial charge in [0, 0.05) is 24.6 Å². The lowest BCUT2D eigenvalue weighted by Crippen LogP contribution is -2.69. The molecule has 1 saturated carbocycles. The maximum Gasteiger partial charge on any atom is 0.414 e. The summed E-state index contributed by atoms with van der Waals surface area (Å²) in [4.78, 5) is 42.3. The van der Waals surface area contributed by atoms with Crippen LogP contribution in [0.1, 0.15) is 31.2 Å². The van der Waals surface area contributed by atoms with Gasteiger partial charge in [-0.25, -0.2) is 4.79 Å². The molecule has 5 heterocycles. The summed E-state index contributed by atoms with van der Waals surface area (Å²) in [6, 6.07) is 7.60. The minimum absolute atomic E-state index is 0.00578. The second-order valence-electron chi connectivity index (χ2n) is 8.43. The van der Waals surface area contributed by atoms with Crippen LogP contribution in [0.5, 0.6) is 0 Å². The molecule has 1 aliphatic carbocycles. The molecular weight excluding hydrogens is 360 g/mol. The van der Waals surface area contributed by atoms with Crippen LogP contribution in [0.4, 0.5) is 10.5 Å². The SMILES string of the molecule is COC(=O)N1c2ccccc2C23CCN4C(=O)C=C[C@]45CC[C@]12[C@H](C5)C(=O)O3. The summed E-state index contributed by atoms with van der Waals surface area (Å²) in [6.45, 7) is 0.483. The zero-order valence-electron chi connectivity index (χ0n) is 15.5. The fourth-order valence-corrected chi connectivity index (χ4v) is 6.64. The Balaban J connectivity index is 1.64. The Labute approximate surface area is 161 Å². The first-order valence-corrected chi connectivity index (χ1v) is 9.71. The Morgan fingerprint density at radius 1 is 1.21 bits per heavy atom. The Hall–Kier alpha value is -2.83.